The van der Waals surface area contributed by atoms with E-state index in [1.54, 1.807) is 24.3 Å². The van der Waals surface area contributed by atoms with Crippen molar-refractivity contribution in [3.8, 4) is 0 Å². The zero-order chi connectivity index (χ0) is 8.27. The molecule has 1 aromatic carbocycles. The smallest absolute Gasteiger partial charge is 0.0514 e. The van der Waals surface area contributed by atoms with Crippen LogP contribution in [0.2, 0.25) is 0 Å². The molecule has 0 saturated heterocycles. The van der Waals surface area contributed by atoms with Gasteiger partial charge < -0.3 is 10.4 Å². The Balaban J connectivity index is 3.00. The van der Waals surface area contributed by atoms with Crippen LogP contribution in [-0.4, -0.2) is 5.21 Å². The molecule has 0 bridgehead atoms. The van der Waals surface area contributed by atoms with E-state index in [0.717, 1.165) is 5.56 Å². The number of nitrogens with zero attached hydrogens (tertiary/aromatic N) is 1. The molecule has 3 nitrogen and oxygen atoms in total. The summed E-state index contributed by atoms with van der Waals surface area (Å²) in [6.07, 6.45) is 1.60. The monoisotopic (exact) mass is 150 g/mol. The molecule has 0 aliphatic rings. The van der Waals surface area contributed by atoms with Gasteiger partial charge in [-0.1, -0.05) is 24.8 Å². The third-order valence-corrected chi connectivity index (χ3v) is 1.33. The molecule has 58 valence electrons. The predicted octanol–water partition coefficient (Wildman–Crippen LogP) is 2.02. The van der Waals surface area contributed by atoms with Crippen molar-refractivity contribution < 1.29 is 5.21 Å². The van der Waals surface area contributed by atoms with E-state index in [2.05, 4.69) is 6.58 Å². The zero-order valence-electron chi connectivity index (χ0n) is 5.90. The van der Waals surface area contributed by atoms with E-state index in [1.165, 1.54) is 6.07 Å². The lowest BCUT2D eigenvalue weighted by Gasteiger charge is -2.21. The summed E-state index contributed by atoms with van der Waals surface area (Å²) < 4.78 is 0. The molecule has 0 saturated carbocycles. The Kier molecular flexibility index (Phi) is 2.25. The molecular weight excluding hydrogens is 142 g/mol. The van der Waals surface area contributed by atoms with Crippen LogP contribution >= 0.6 is 0 Å². The van der Waals surface area contributed by atoms with E-state index in [1.807, 2.05) is 0 Å². The molecule has 0 unspecified atom stereocenters. The van der Waals surface area contributed by atoms with Crippen LogP contribution in [0, 0.1) is 5.21 Å². The molecule has 0 aromatic heterocycles. The minimum Gasteiger partial charge on any atom is -0.733 e. The molecule has 1 rings (SSSR count). The van der Waals surface area contributed by atoms with Crippen molar-refractivity contribution in [1.82, 2.24) is 0 Å². The second-order valence-corrected chi connectivity index (χ2v) is 2.07. The van der Waals surface area contributed by atoms with Crippen LogP contribution in [0.5, 0.6) is 0 Å². The third-order valence-electron chi connectivity index (χ3n) is 1.33. The van der Waals surface area contributed by atoms with Crippen LogP contribution in [0.25, 0.3) is 6.08 Å². The van der Waals surface area contributed by atoms with Crippen LogP contribution in [-0.2, 0) is 0 Å². The Labute approximate surface area is 64.7 Å². The molecule has 0 aliphatic carbocycles. The Bertz CT molecular complexity index is 258. The van der Waals surface area contributed by atoms with Crippen molar-refractivity contribution in [1.29, 1.82) is 0 Å². The molecular formula is C8H8NO2-. The Hall–Kier alpha value is -1.32. The lowest BCUT2D eigenvalue weighted by Crippen LogP contribution is -2.06. The van der Waals surface area contributed by atoms with Gasteiger partial charge in [0, 0.05) is 0 Å². The maximum atomic E-state index is 10.4. The molecule has 1 N–H and O–H groups in total. The number of hydrogen-bond acceptors (Lipinski definition) is 3. The minimum absolute atomic E-state index is 0.174. The molecule has 0 amide bonds. The Morgan fingerprint density at radius 1 is 1.55 bits per heavy atom. The number of rotatable bonds is 2. The highest BCUT2D eigenvalue weighted by molar-refractivity contribution is 5.56. The first-order chi connectivity index (χ1) is 5.24. The Morgan fingerprint density at radius 2 is 2.27 bits per heavy atom. The quantitative estimate of drug-likeness (QED) is 0.656. The van der Waals surface area contributed by atoms with Crippen molar-refractivity contribution in [2.75, 3.05) is 5.23 Å². The van der Waals surface area contributed by atoms with Crippen molar-refractivity contribution >= 4 is 11.8 Å². The van der Waals surface area contributed by atoms with E-state index >= 15 is 0 Å². The largest absolute Gasteiger partial charge is 0.733 e. The summed E-state index contributed by atoms with van der Waals surface area (Å²) in [6, 6.07) is 6.52. The van der Waals surface area contributed by atoms with Gasteiger partial charge in [-0.3, -0.25) is 5.21 Å². The molecule has 0 heterocycles. The summed E-state index contributed by atoms with van der Waals surface area (Å²) in [5.74, 6) is 0. The molecule has 0 atom stereocenters. The fraction of sp³-hybridized carbons (Fsp3) is 0. The van der Waals surface area contributed by atoms with E-state index in [0.29, 0.717) is 0 Å². The fourth-order valence-corrected chi connectivity index (χ4v) is 0.771. The van der Waals surface area contributed by atoms with Crippen LogP contribution in [0.3, 0.4) is 0 Å². The van der Waals surface area contributed by atoms with Crippen molar-refractivity contribution in [2.24, 2.45) is 0 Å². The topological polar surface area (TPSA) is 46.5 Å². The third kappa shape index (κ3) is 1.80. The normalized spacial score (nSPS) is 9.27. The number of benzene rings is 1. The van der Waals surface area contributed by atoms with Gasteiger partial charge >= 0.3 is 0 Å². The Morgan fingerprint density at radius 3 is 2.82 bits per heavy atom. The summed E-state index contributed by atoms with van der Waals surface area (Å²) in [6.45, 7) is 3.53. The number of hydrogen-bond donors (Lipinski definition) is 1. The summed E-state index contributed by atoms with van der Waals surface area (Å²) in [7, 11) is 0. The van der Waals surface area contributed by atoms with Gasteiger partial charge in [0.15, 0.2) is 0 Å². The highest BCUT2D eigenvalue weighted by Gasteiger charge is 1.90. The average Bonchev–Trinajstić information content (AvgIpc) is 2.05. The second kappa shape index (κ2) is 3.18. The molecule has 0 fully saturated rings. The van der Waals surface area contributed by atoms with Gasteiger partial charge in [0.1, 0.15) is 0 Å². The maximum Gasteiger partial charge on any atom is 0.0514 e. The molecule has 11 heavy (non-hydrogen) atoms. The lowest BCUT2D eigenvalue weighted by atomic mass is 10.2. The van der Waals surface area contributed by atoms with Crippen LogP contribution < -0.4 is 5.23 Å². The number of anilines is 1. The van der Waals surface area contributed by atoms with Gasteiger partial charge in [0.2, 0.25) is 0 Å². The second-order valence-electron chi connectivity index (χ2n) is 2.07. The highest BCUT2D eigenvalue weighted by Crippen LogP contribution is 2.13. The van der Waals surface area contributed by atoms with Gasteiger partial charge in [-0.2, -0.15) is 0 Å². The highest BCUT2D eigenvalue weighted by atomic mass is 16.8. The first-order valence-corrected chi connectivity index (χ1v) is 3.12. The van der Waals surface area contributed by atoms with Gasteiger partial charge in [-0.05, 0) is 17.7 Å². The predicted molar refractivity (Wildman–Crippen MR) is 44.2 cm³/mol. The zero-order valence-corrected chi connectivity index (χ0v) is 5.90. The molecule has 0 aliphatic heterocycles. The fourth-order valence-electron chi connectivity index (χ4n) is 0.771. The molecule has 3 heteroatoms. The van der Waals surface area contributed by atoms with Crippen LogP contribution in [0.15, 0.2) is 30.8 Å². The van der Waals surface area contributed by atoms with Gasteiger partial charge in [0.25, 0.3) is 0 Å². The molecule has 0 radical (unpaired) electrons. The van der Waals surface area contributed by atoms with Crippen LogP contribution in [0.1, 0.15) is 5.56 Å². The van der Waals surface area contributed by atoms with E-state index < -0.39 is 0 Å². The van der Waals surface area contributed by atoms with Crippen molar-refractivity contribution in [3.05, 3.63) is 41.6 Å². The molecule has 1 aromatic rings. The average molecular weight is 150 g/mol. The van der Waals surface area contributed by atoms with Gasteiger partial charge in [-0.25, -0.2) is 0 Å². The summed E-state index contributed by atoms with van der Waals surface area (Å²) >= 11 is 0. The lowest BCUT2D eigenvalue weighted by molar-refractivity contribution is 0.296. The van der Waals surface area contributed by atoms with Crippen molar-refractivity contribution in [3.63, 3.8) is 0 Å². The summed E-state index contributed by atoms with van der Waals surface area (Å²) in [5.41, 5.74) is 1.01. The van der Waals surface area contributed by atoms with Crippen molar-refractivity contribution in [2.45, 2.75) is 0 Å². The van der Waals surface area contributed by atoms with E-state index in [-0.39, 0.29) is 10.9 Å². The van der Waals surface area contributed by atoms with Gasteiger partial charge in [-0.15, -0.1) is 0 Å². The SMILES string of the molecule is C=Cc1cccc(N([O-])O)c1. The standard InChI is InChI=1S/C8H8NO2/c1-2-7-4-3-5-8(6-7)9(10)11/h2-6,10H,1H2/q-1. The summed E-state index contributed by atoms with van der Waals surface area (Å²) in [4.78, 5) is 0. The molecule has 0 spiro atoms. The first-order valence-electron chi connectivity index (χ1n) is 3.12. The van der Waals surface area contributed by atoms with E-state index in [4.69, 9.17) is 5.21 Å². The van der Waals surface area contributed by atoms with Gasteiger partial charge in [0.05, 0.1) is 5.69 Å². The van der Waals surface area contributed by atoms with Crippen LogP contribution in [0.4, 0.5) is 5.69 Å². The van der Waals surface area contributed by atoms with E-state index in [9.17, 15) is 5.21 Å². The minimum atomic E-state index is -0.174. The maximum absolute atomic E-state index is 10.4. The summed E-state index contributed by atoms with van der Waals surface area (Å²) in [5, 5.41) is 18.7. The first kappa shape index (κ1) is 7.78.